The first-order chi connectivity index (χ1) is 14.4. The van der Waals surface area contributed by atoms with E-state index in [-0.39, 0.29) is 11.5 Å². The first-order valence-corrected chi connectivity index (χ1v) is 11.4. The van der Waals surface area contributed by atoms with Gasteiger partial charge in [-0.3, -0.25) is 9.78 Å². The zero-order valence-corrected chi connectivity index (χ0v) is 17.9. The van der Waals surface area contributed by atoms with Crippen molar-refractivity contribution in [3.63, 3.8) is 0 Å². The van der Waals surface area contributed by atoms with Crippen molar-refractivity contribution in [2.75, 3.05) is 6.54 Å². The van der Waals surface area contributed by atoms with Crippen LogP contribution in [0.4, 0.5) is 0 Å². The van der Waals surface area contributed by atoms with E-state index in [0.29, 0.717) is 40.1 Å². The summed E-state index contributed by atoms with van der Waals surface area (Å²) in [5.41, 5.74) is 1.17. The topological polar surface area (TPSA) is 72.1 Å². The van der Waals surface area contributed by atoms with Crippen LogP contribution >= 0.6 is 0 Å². The number of carbonyl (C=O) groups excluding carboxylic acids is 1. The van der Waals surface area contributed by atoms with Crippen molar-refractivity contribution in [1.29, 1.82) is 0 Å². The van der Waals surface area contributed by atoms with Crippen LogP contribution in [0.2, 0.25) is 0 Å². The normalized spacial score (nSPS) is 39.6. The molecule has 0 N–H and O–H groups in total. The summed E-state index contributed by atoms with van der Waals surface area (Å²) in [6.07, 6.45) is 10.7. The highest BCUT2D eigenvalue weighted by Crippen LogP contribution is 2.70. The van der Waals surface area contributed by atoms with Crippen LogP contribution in [0.1, 0.15) is 77.1 Å². The van der Waals surface area contributed by atoms with Gasteiger partial charge in [-0.2, -0.15) is 4.98 Å². The van der Waals surface area contributed by atoms with Gasteiger partial charge in [-0.1, -0.05) is 25.1 Å². The van der Waals surface area contributed by atoms with E-state index in [4.69, 9.17) is 4.52 Å². The second kappa shape index (κ2) is 6.14. The Morgan fingerprint density at radius 1 is 1.13 bits per heavy atom. The molecule has 2 aromatic rings. The molecule has 1 amide bonds. The van der Waals surface area contributed by atoms with Crippen LogP contribution in [-0.4, -0.2) is 32.5 Å². The van der Waals surface area contributed by atoms with Crippen LogP contribution in [0, 0.1) is 22.2 Å². The molecule has 1 saturated heterocycles. The van der Waals surface area contributed by atoms with Gasteiger partial charge in [0.2, 0.25) is 17.6 Å². The van der Waals surface area contributed by atoms with Gasteiger partial charge >= 0.3 is 0 Å². The lowest BCUT2D eigenvalue weighted by Gasteiger charge is -2.65. The summed E-state index contributed by atoms with van der Waals surface area (Å²) in [4.78, 5) is 25.1. The fraction of sp³-hybridized carbons (Fsp3) is 0.667. The standard InChI is InChI=1S/C24H30N4O2/c1-22-10-16-11-23(2,13-22)15-24(12-16,14-22)21(29)28-9-5-7-18(28)20-26-19(27-30-20)17-6-3-4-8-25-17/h3-4,6,8,16,18H,5,7,9-15H2,1-2H3/t16?,18-,22-,23-,24?/m1/s1. The summed E-state index contributed by atoms with van der Waals surface area (Å²) in [6.45, 7) is 5.65. The maximum absolute atomic E-state index is 14.1. The zero-order valence-electron chi connectivity index (χ0n) is 17.9. The molecule has 4 saturated carbocycles. The van der Waals surface area contributed by atoms with E-state index in [9.17, 15) is 4.79 Å². The molecule has 7 rings (SSSR count). The molecule has 3 heterocycles. The highest BCUT2D eigenvalue weighted by molar-refractivity contribution is 5.84. The van der Waals surface area contributed by atoms with Crippen LogP contribution in [0.25, 0.3) is 11.5 Å². The van der Waals surface area contributed by atoms with Crippen molar-refractivity contribution in [2.24, 2.45) is 22.2 Å². The van der Waals surface area contributed by atoms with E-state index >= 15 is 0 Å². The molecule has 4 bridgehead atoms. The molecule has 4 aliphatic carbocycles. The fourth-order valence-electron chi connectivity index (χ4n) is 8.23. The quantitative estimate of drug-likeness (QED) is 0.733. The van der Waals surface area contributed by atoms with E-state index in [2.05, 4.69) is 33.9 Å². The van der Waals surface area contributed by atoms with Gasteiger partial charge in [0.15, 0.2) is 0 Å². The lowest BCUT2D eigenvalue weighted by atomic mass is 9.40. The van der Waals surface area contributed by atoms with Crippen molar-refractivity contribution < 1.29 is 9.32 Å². The summed E-state index contributed by atoms with van der Waals surface area (Å²) in [7, 11) is 0. The number of carbonyl (C=O) groups is 1. The van der Waals surface area contributed by atoms with Crippen molar-refractivity contribution in [2.45, 2.75) is 71.3 Å². The summed E-state index contributed by atoms with van der Waals surface area (Å²) in [5.74, 6) is 2.12. The summed E-state index contributed by atoms with van der Waals surface area (Å²) in [5, 5.41) is 4.15. The molecular formula is C24H30N4O2. The lowest BCUT2D eigenvalue weighted by Crippen LogP contribution is -2.60. The van der Waals surface area contributed by atoms with Crippen molar-refractivity contribution >= 4 is 5.91 Å². The summed E-state index contributed by atoms with van der Waals surface area (Å²) < 4.78 is 5.65. The molecule has 5 fully saturated rings. The average Bonchev–Trinajstić information content (AvgIpc) is 3.34. The average molecular weight is 407 g/mol. The van der Waals surface area contributed by atoms with Gasteiger partial charge in [-0.15, -0.1) is 0 Å². The van der Waals surface area contributed by atoms with E-state index in [1.165, 1.54) is 19.3 Å². The molecule has 0 radical (unpaired) electrons. The molecule has 5 aliphatic rings. The minimum absolute atomic E-state index is 0.101. The number of hydrogen-bond donors (Lipinski definition) is 0. The van der Waals surface area contributed by atoms with Crippen LogP contribution < -0.4 is 0 Å². The van der Waals surface area contributed by atoms with E-state index in [1.54, 1.807) is 6.20 Å². The molecule has 0 unspecified atom stereocenters. The van der Waals surface area contributed by atoms with Gasteiger partial charge in [0.1, 0.15) is 11.7 Å². The van der Waals surface area contributed by atoms with Gasteiger partial charge in [-0.25, -0.2) is 0 Å². The third kappa shape index (κ3) is 2.75. The Morgan fingerprint density at radius 2 is 1.93 bits per heavy atom. The fourth-order valence-corrected chi connectivity index (χ4v) is 8.23. The minimum Gasteiger partial charge on any atom is -0.337 e. The molecule has 30 heavy (non-hydrogen) atoms. The van der Waals surface area contributed by atoms with E-state index < -0.39 is 0 Å². The van der Waals surface area contributed by atoms with Crippen LogP contribution in [-0.2, 0) is 4.79 Å². The van der Waals surface area contributed by atoms with Gasteiger partial charge in [0, 0.05) is 12.7 Å². The molecular weight excluding hydrogens is 376 g/mol. The first-order valence-electron chi connectivity index (χ1n) is 11.4. The Labute approximate surface area is 177 Å². The van der Waals surface area contributed by atoms with Gasteiger partial charge in [0.25, 0.3) is 0 Å². The monoisotopic (exact) mass is 406 g/mol. The largest absolute Gasteiger partial charge is 0.337 e. The molecule has 1 aliphatic heterocycles. The lowest BCUT2D eigenvalue weighted by molar-refractivity contribution is -0.180. The number of rotatable bonds is 3. The van der Waals surface area contributed by atoms with E-state index in [0.717, 1.165) is 38.6 Å². The molecule has 158 valence electrons. The van der Waals surface area contributed by atoms with Crippen molar-refractivity contribution in [3.05, 3.63) is 30.3 Å². The third-order valence-corrected chi connectivity index (χ3v) is 8.21. The summed E-state index contributed by atoms with van der Waals surface area (Å²) in [6, 6.07) is 5.56. The second-order valence-electron chi connectivity index (χ2n) is 11.2. The third-order valence-electron chi connectivity index (χ3n) is 8.21. The molecule has 0 spiro atoms. The zero-order chi connectivity index (χ0) is 20.6. The molecule has 6 nitrogen and oxygen atoms in total. The van der Waals surface area contributed by atoms with Crippen molar-refractivity contribution in [1.82, 2.24) is 20.0 Å². The Hall–Kier alpha value is -2.24. The SMILES string of the molecule is C[C@]12CC3CC(C(=O)N4CCC[C@@H]4c4nc(-c5ccccn5)no4)(C1)C[C@](C)(C3)C2. The van der Waals surface area contributed by atoms with Crippen LogP contribution in [0.3, 0.4) is 0 Å². The number of pyridine rings is 1. The Kier molecular flexibility index (Phi) is 3.79. The van der Waals surface area contributed by atoms with Gasteiger partial charge in [0.05, 0.1) is 5.41 Å². The van der Waals surface area contributed by atoms with Gasteiger partial charge < -0.3 is 9.42 Å². The highest BCUT2D eigenvalue weighted by atomic mass is 16.5. The molecule has 2 aromatic heterocycles. The second-order valence-corrected chi connectivity index (χ2v) is 11.2. The number of nitrogens with zero attached hydrogens (tertiary/aromatic N) is 4. The number of aromatic nitrogens is 3. The van der Waals surface area contributed by atoms with E-state index in [1.807, 2.05) is 18.2 Å². The smallest absolute Gasteiger partial charge is 0.249 e. The van der Waals surface area contributed by atoms with Crippen LogP contribution in [0.15, 0.2) is 28.9 Å². The van der Waals surface area contributed by atoms with Crippen molar-refractivity contribution in [3.8, 4) is 11.5 Å². The Morgan fingerprint density at radius 3 is 2.63 bits per heavy atom. The van der Waals surface area contributed by atoms with Gasteiger partial charge in [-0.05, 0) is 80.2 Å². The van der Waals surface area contributed by atoms with Crippen LogP contribution in [0.5, 0.6) is 0 Å². The maximum atomic E-state index is 14.1. The molecule has 6 heteroatoms. The first kappa shape index (κ1) is 18.5. The number of hydrogen-bond acceptors (Lipinski definition) is 5. The molecule has 3 atom stereocenters. The maximum Gasteiger partial charge on any atom is 0.249 e. The number of amides is 1. The predicted octanol–water partition coefficient (Wildman–Crippen LogP) is 4.79. The number of likely N-dealkylation sites (tertiary alicyclic amines) is 1. The minimum atomic E-state index is -0.185. The Bertz CT molecular complexity index is 968. The Balaban J connectivity index is 1.29. The highest BCUT2D eigenvalue weighted by Gasteiger charge is 2.63. The predicted molar refractivity (Wildman–Crippen MR) is 111 cm³/mol. The summed E-state index contributed by atoms with van der Waals surface area (Å²) >= 11 is 0. The molecule has 0 aromatic carbocycles.